The summed E-state index contributed by atoms with van der Waals surface area (Å²) in [5, 5.41) is 0. The molecule has 2 saturated heterocycles. The zero-order valence-electron chi connectivity index (χ0n) is 14.4. The molecule has 2 unspecified atom stereocenters. The first kappa shape index (κ1) is 16.7. The van der Waals surface area contributed by atoms with Gasteiger partial charge in [-0.2, -0.15) is 0 Å². The van der Waals surface area contributed by atoms with Crippen LogP contribution >= 0.6 is 0 Å². The van der Waals surface area contributed by atoms with Crippen LogP contribution in [0, 0.1) is 23.7 Å². The molecule has 2 aliphatic heterocycles. The predicted molar refractivity (Wildman–Crippen MR) is 84.7 cm³/mol. The third kappa shape index (κ3) is 3.69. The van der Waals surface area contributed by atoms with Gasteiger partial charge in [0.15, 0.2) is 0 Å². The summed E-state index contributed by atoms with van der Waals surface area (Å²) in [4.78, 5) is 27.4. The minimum absolute atomic E-state index is 0.0123. The van der Waals surface area contributed by atoms with Gasteiger partial charge in [0.2, 0.25) is 11.8 Å². The fourth-order valence-corrected chi connectivity index (χ4v) is 3.70. The number of carbonyl (C=O) groups is 2. The second-order valence-electron chi connectivity index (χ2n) is 7.49. The van der Waals surface area contributed by atoms with Gasteiger partial charge in [0.25, 0.3) is 0 Å². The van der Waals surface area contributed by atoms with Crippen molar-refractivity contribution < 1.29 is 19.1 Å². The van der Waals surface area contributed by atoms with Gasteiger partial charge in [0.1, 0.15) is 6.61 Å². The lowest BCUT2D eigenvalue weighted by Gasteiger charge is -2.20. The number of hydrogen-bond acceptors (Lipinski definition) is 4. The molecule has 5 atom stereocenters. The standard InChI is InChI=1S/C17H28N2O4/c1-11-6-13(11)17(21)19-7-14-12(9-23-15(14)8-19)4-5-22-10-16(20)18(2)3/h11-15H,4-10H2,1-3H3/t11?,12-,13?,14-,15-/m0/s1. The van der Waals surface area contributed by atoms with Crippen molar-refractivity contribution >= 4 is 11.8 Å². The maximum atomic E-state index is 12.4. The number of amides is 2. The van der Waals surface area contributed by atoms with Crippen molar-refractivity contribution in [3.05, 3.63) is 0 Å². The van der Waals surface area contributed by atoms with E-state index in [9.17, 15) is 9.59 Å². The van der Waals surface area contributed by atoms with E-state index >= 15 is 0 Å². The van der Waals surface area contributed by atoms with Crippen molar-refractivity contribution in [2.75, 3.05) is 47.0 Å². The van der Waals surface area contributed by atoms with Gasteiger partial charge in [-0.3, -0.25) is 9.59 Å². The molecule has 1 aliphatic carbocycles. The van der Waals surface area contributed by atoms with E-state index in [1.807, 2.05) is 4.90 Å². The SMILES string of the molecule is CC1CC1C(=O)N1C[C@H]2[C@@H](CCOCC(=O)N(C)C)CO[C@H]2C1. The first-order chi connectivity index (χ1) is 11.0. The summed E-state index contributed by atoms with van der Waals surface area (Å²) in [5.74, 6) is 1.99. The Kier molecular flexibility index (Phi) is 4.92. The molecule has 0 aromatic heterocycles. The first-order valence-electron chi connectivity index (χ1n) is 8.65. The topological polar surface area (TPSA) is 59.1 Å². The Bertz CT molecular complexity index is 468. The number of ether oxygens (including phenoxy) is 2. The summed E-state index contributed by atoms with van der Waals surface area (Å²) in [5.41, 5.74) is 0. The zero-order chi connectivity index (χ0) is 16.6. The molecule has 130 valence electrons. The van der Waals surface area contributed by atoms with Crippen molar-refractivity contribution in [1.29, 1.82) is 0 Å². The van der Waals surface area contributed by atoms with Crippen LogP contribution < -0.4 is 0 Å². The molecule has 3 fully saturated rings. The fourth-order valence-electron chi connectivity index (χ4n) is 3.70. The molecular formula is C17H28N2O4. The van der Waals surface area contributed by atoms with Crippen molar-refractivity contribution in [1.82, 2.24) is 9.80 Å². The summed E-state index contributed by atoms with van der Waals surface area (Å²) in [6.07, 6.45) is 2.13. The van der Waals surface area contributed by atoms with E-state index in [1.165, 1.54) is 4.90 Å². The number of likely N-dealkylation sites (tertiary alicyclic amines) is 1. The van der Waals surface area contributed by atoms with E-state index in [4.69, 9.17) is 9.47 Å². The molecule has 23 heavy (non-hydrogen) atoms. The zero-order valence-corrected chi connectivity index (χ0v) is 14.4. The average molecular weight is 324 g/mol. The Hall–Kier alpha value is -1.14. The molecule has 0 radical (unpaired) electrons. The molecule has 6 nitrogen and oxygen atoms in total. The lowest BCUT2D eigenvalue weighted by molar-refractivity contribution is -0.134. The van der Waals surface area contributed by atoms with E-state index in [-0.39, 0.29) is 24.5 Å². The molecule has 0 N–H and O–H groups in total. The minimum Gasteiger partial charge on any atom is -0.376 e. The Labute approximate surface area is 138 Å². The third-order valence-corrected chi connectivity index (χ3v) is 5.53. The van der Waals surface area contributed by atoms with Gasteiger partial charge < -0.3 is 19.3 Å². The first-order valence-corrected chi connectivity index (χ1v) is 8.65. The lowest BCUT2D eigenvalue weighted by Crippen LogP contribution is -2.33. The van der Waals surface area contributed by atoms with Crippen molar-refractivity contribution in [3.8, 4) is 0 Å². The van der Waals surface area contributed by atoms with Gasteiger partial charge in [-0.15, -0.1) is 0 Å². The number of carbonyl (C=O) groups excluding carboxylic acids is 2. The van der Waals surface area contributed by atoms with Crippen molar-refractivity contribution in [2.45, 2.75) is 25.9 Å². The van der Waals surface area contributed by atoms with Crippen LogP contribution in [-0.4, -0.2) is 74.7 Å². The molecule has 1 saturated carbocycles. The van der Waals surface area contributed by atoms with Crippen molar-refractivity contribution in [3.63, 3.8) is 0 Å². The quantitative estimate of drug-likeness (QED) is 0.672. The number of rotatable bonds is 6. The highest BCUT2D eigenvalue weighted by atomic mass is 16.5. The molecule has 0 aromatic rings. The molecule has 6 heteroatoms. The Balaban J connectivity index is 1.41. The molecule has 0 bridgehead atoms. The van der Waals surface area contributed by atoms with Crippen LogP contribution in [0.4, 0.5) is 0 Å². The van der Waals surface area contributed by atoms with Gasteiger partial charge in [0, 0.05) is 45.6 Å². The largest absolute Gasteiger partial charge is 0.376 e. The van der Waals surface area contributed by atoms with Crippen LogP contribution in [-0.2, 0) is 19.1 Å². The van der Waals surface area contributed by atoms with E-state index in [0.29, 0.717) is 30.3 Å². The van der Waals surface area contributed by atoms with Crippen molar-refractivity contribution in [2.24, 2.45) is 23.7 Å². The maximum Gasteiger partial charge on any atom is 0.248 e. The second kappa shape index (κ2) is 6.77. The van der Waals surface area contributed by atoms with Crippen LogP contribution in [0.15, 0.2) is 0 Å². The highest BCUT2D eigenvalue weighted by Gasteiger charge is 2.49. The van der Waals surface area contributed by atoms with E-state index < -0.39 is 0 Å². The number of fused-ring (bicyclic) bond motifs is 1. The Morgan fingerprint density at radius 1 is 1.30 bits per heavy atom. The molecule has 2 heterocycles. The smallest absolute Gasteiger partial charge is 0.248 e. The normalized spacial score (nSPS) is 35.3. The average Bonchev–Trinajstić information content (AvgIpc) is 2.94. The summed E-state index contributed by atoms with van der Waals surface area (Å²) in [7, 11) is 3.46. The molecular weight excluding hydrogens is 296 g/mol. The van der Waals surface area contributed by atoms with Crippen LogP contribution in [0.25, 0.3) is 0 Å². The van der Waals surface area contributed by atoms with Crippen LogP contribution in [0.2, 0.25) is 0 Å². The second-order valence-corrected chi connectivity index (χ2v) is 7.49. The monoisotopic (exact) mass is 324 g/mol. The Morgan fingerprint density at radius 3 is 2.70 bits per heavy atom. The predicted octanol–water partition coefficient (Wildman–Crippen LogP) is 0.611. The number of likely N-dealkylation sites (N-methyl/N-ethyl adjacent to an activating group) is 1. The molecule has 3 rings (SSSR count). The highest BCUT2D eigenvalue weighted by molar-refractivity contribution is 5.82. The van der Waals surface area contributed by atoms with E-state index in [0.717, 1.165) is 32.5 Å². The van der Waals surface area contributed by atoms with Crippen LogP contribution in [0.1, 0.15) is 19.8 Å². The fraction of sp³-hybridized carbons (Fsp3) is 0.882. The highest BCUT2D eigenvalue weighted by Crippen LogP contribution is 2.42. The minimum atomic E-state index is -0.0123. The van der Waals surface area contributed by atoms with Gasteiger partial charge >= 0.3 is 0 Å². The lowest BCUT2D eigenvalue weighted by atomic mass is 9.91. The van der Waals surface area contributed by atoms with Crippen LogP contribution in [0.3, 0.4) is 0 Å². The summed E-state index contributed by atoms with van der Waals surface area (Å²) < 4.78 is 11.4. The van der Waals surface area contributed by atoms with Gasteiger partial charge in [0.05, 0.1) is 12.7 Å². The summed E-state index contributed by atoms with van der Waals surface area (Å²) >= 11 is 0. The van der Waals surface area contributed by atoms with Gasteiger partial charge in [-0.25, -0.2) is 0 Å². The summed E-state index contributed by atoms with van der Waals surface area (Å²) in [6.45, 7) is 5.19. The number of hydrogen-bond donors (Lipinski definition) is 0. The number of nitrogens with zero attached hydrogens (tertiary/aromatic N) is 2. The van der Waals surface area contributed by atoms with E-state index in [2.05, 4.69) is 6.92 Å². The third-order valence-electron chi connectivity index (χ3n) is 5.53. The maximum absolute atomic E-state index is 12.4. The molecule has 2 amide bonds. The Morgan fingerprint density at radius 2 is 2.04 bits per heavy atom. The van der Waals surface area contributed by atoms with Gasteiger partial charge in [-0.05, 0) is 24.7 Å². The molecule has 0 spiro atoms. The molecule has 0 aromatic carbocycles. The van der Waals surface area contributed by atoms with Gasteiger partial charge in [-0.1, -0.05) is 6.92 Å². The van der Waals surface area contributed by atoms with Crippen LogP contribution in [0.5, 0.6) is 0 Å². The molecule has 3 aliphatic rings. The van der Waals surface area contributed by atoms with E-state index in [1.54, 1.807) is 14.1 Å². The summed E-state index contributed by atoms with van der Waals surface area (Å²) in [6, 6.07) is 0.